The summed E-state index contributed by atoms with van der Waals surface area (Å²) in [5.41, 5.74) is 1.32. The highest BCUT2D eigenvalue weighted by molar-refractivity contribution is 5.96. The molecule has 0 unspecified atom stereocenters. The van der Waals surface area contributed by atoms with Gasteiger partial charge in [0.05, 0.1) is 23.4 Å². The minimum absolute atomic E-state index is 0.00245. The molecule has 1 amide bonds. The predicted octanol–water partition coefficient (Wildman–Crippen LogP) is 1.01. The number of likely N-dealkylation sites (tertiary alicyclic amines) is 1. The van der Waals surface area contributed by atoms with Gasteiger partial charge in [0.1, 0.15) is 0 Å². The van der Waals surface area contributed by atoms with Crippen LogP contribution < -0.4 is 0 Å². The highest BCUT2D eigenvalue weighted by Crippen LogP contribution is 2.22. The monoisotopic (exact) mass is 350 g/mol. The van der Waals surface area contributed by atoms with Gasteiger partial charge in [-0.15, -0.1) is 0 Å². The Morgan fingerprint density at radius 3 is 2.56 bits per heavy atom. The molecule has 0 radical (unpaired) electrons. The lowest BCUT2D eigenvalue weighted by Gasteiger charge is -2.40. The molecule has 140 valence electrons. The molecule has 0 bridgehead atoms. The Kier molecular flexibility index (Phi) is 6.00. The van der Waals surface area contributed by atoms with Gasteiger partial charge in [-0.25, -0.2) is 0 Å². The number of aryl methyl sites for hydroxylation is 2. The third-order valence-electron chi connectivity index (χ3n) is 4.79. The van der Waals surface area contributed by atoms with E-state index in [4.69, 9.17) is 0 Å². The predicted molar refractivity (Wildman–Crippen MR) is 95.6 cm³/mol. The molecular weight excluding hydrogens is 320 g/mol. The first-order chi connectivity index (χ1) is 11.6. The summed E-state index contributed by atoms with van der Waals surface area (Å²) in [6.45, 7) is 7.26. The number of ketones is 1. The third kappa shape index (κ3) is 4.67. The second kappa shape index (κ2) is 7.66. The Labute approximate surface area is 149 Å². The molecule has 1 aromatic rings. The zero-order valence-electron chi connectivity index (χ0n) is 16.0. The van der Waals surface area contributed by atoms with Gasteiger partial charge in [0, 0.05) is 31.7 Å². The summed E-state index contributed by atoms with van der Waals surface area (Å²) >= 11 is 0. The van der Waals surface area contributed by atoms with Crippen molar-refractivity contribution in [2.24, 2.45) is 0 Å². The average molecular weight is 350 g/mol. The van der Waals surface area contributed by atoms with Crippen LogP contribution in [-0.2, 0) is 11.3 Å². The van der Waals surface area contributed by atoms with E-state index in [0.717, 1.165) is 12.1 Å². The minimum Gasteiger partial charge on any atom is -0.387 e. The number of hydrogen-bond donors (Lipinski definition) is 1. The second-order valence-corrected chi connectivity index (χ2v) is 7.46. The average Bonchev–Trinajstić information content (AvgIpc) is 2.77. The van der Waals surface area contributed by atoms with Crippen LogP contribution >= 0.6 is 0 Å². The molecule has 0 saturated carbocycles. The molecule has 1 fully saturated rings. The van der Waals surface area contributed by atoms with Crippen LogP contribution in [0.25, 0.3) is 0 Å². The molecule has 0 spiro atoms. The maximum atomic E-state index is 12.6. The maximum absolute atomic E-state index is 12.6. The molecule has 25 heavy (non-hydrogen) atoms. The standard InChI is InChI=1S/C18H30N4O3/c1-13-17(15(3)23)14(2)22(19-13)10-7-16(24)21-9-6-8-18(25,12-21)11-20(4)5/h25H,6-12H2,1-5H3/t18-/m1/s1. The van der Waals surface area contributed by atoms with Crippen molar-refractivity contribution in [2.45, 2.75) is 52.2 Å². The number of piperidine rings is 1. The van der Waals surface area contributed by atoms with Crippen molar-refractivity contribution in [3.05, 3.63) is 17.0 Å². The summed E-state index contributed by atoms with van der Waals surface area (Å²) in [7, 11) is 3.85. The summed E-state index contributed by atoms with van der Waals surface area (Å²) in [6.07, 6.45) is 1.84. The van der Waals surface area contributed by atoms with Crippen LogP contribution in [0.3, 0.4) is 0 Å². The molecule has 1 aromatic heterocycles. The minimum atomic E-state index is -0.836. The molecule has 1 aliphatic rings. The number of carbonyl (C=O) groups excluding carboxylic acids is 2. The van der Waals surface area contributed by atoms with Crippen molar-refractivity contribution in [3.63, 3.8) is 0 Å². The fourth-order valence-corrected chi connectivity index (χ4v) is 3.83. The van der Waals surface area contributed by atoms with E-state index in [2.05, 4.69) is 5.10 Å². The molecular formula is C18H30N4O3. The molecule has 1 atom stereocenters. The van der Waals surface area contributed by atoms with Gasteiger partial charge in [-0.1, -0.05) is 0 Å². The first kappa shape index (κ1) is 19.6. The zero-order valence-corrected chi connectivity index (χ0v) is 16.0. The number of aliphatic hydroxyl groups is 1. The number of rotatable bonds is 6. The molecule has 1 saturated heterocycles. The van der Waals surface area contributed by atoms with Crippen molar-refractivity contribution in [2.75, 3.05) is 33.7 Å². The van der Waals surface area contributed by atoms with Crippen LogP contribution in [-0.4, -0.2) is 75.7 Å². The molecule has 1 aliphatic heterocycles. The Bertz CT molecular complexity index is 653. The van der Waals surface area contributed by atoms with E-state index in [0.29, 0.717) is 50.3 Å². The van der Waals surface area contributed by atoms with Crippen molar-refractivity contribution in [1.82, 2.24) is 19.6 Å². The largest absolute Gasteiger partial charge is 0.387 e. The van der Waals surface area contributed by atoms with E-state index < -0.39 is 5.60 Å². The summed E-state index contributed by atoms with van der Waals surface area (Å²) in [5, 5.41) is 15.1. The number of aromatic nitrogens is 2. The first-order valence-electron chi connectivity index (χ1n) is 8.83. The van der Waals surface area contributed by atoms with Gasteiger partial charge in [-0.2, -0.15) is 5.10 Å². The van der Waals surface area contributed by atoms with Crippen LogP contribution in [0.1, 0.15) is 47.9 Å². The van der Waals surface area contributed by atoms with Crippen molar-refractivity contribution < 1.29 is 14.7 Å². The molecule has 2 heterocycles. The van der Waals surface area contributed by atoms with E-state index in [9.17, 15) is 14.7 Å². The second-order valence-electron chi connectivity index (χ2n) is 7.46. The quantitative estimate of drug-likeness (QED) is 0.775. The molecule has 0 aliphatic carbocycles. The highest BCUT2D eigenvalue weighted by atomic mass is 16.3. The summed E-state index contributed by atoms with van der Waals surface area (Å²) in [6, 6.07) is 0. The molecule has 2 rings (SSSR count). The Morgan fingerprint density at radius 2 is 2.00 bits per heavy atom. The highest BCUT2D eigenvalue weighted by Gasteiger charge is 2.35. The summed E-state index contributed by atoms with van der Waals surface area (Å²) in [5.74, 6) is 0.0196. The van der Waals surface area contributed by atoms with Gasteiger partial charge in [0.2, 0.25) is 5.91 Å². The smallest absolute Gasteiger partial charge is 0.224 e. The fraction of sp³-hybridized carbons (Fsp3) is 0.722. The van der Waals surface area contributed by atoms with Crippen molar-refractivity contribution in [3.8, 4) is 0 Å². The number of carbonyl (C=O) groups is 2. The van der Waals surface area contributed by atoms with Crippen LogP contribution in [0, 0.1) is 13.8 Å². The first-order valence-corrected chi connectivity index (χ1v) is 8.83. The maximum Gasteiger partial charge on any atom is 0.224 e. The van der Waals surface area contributed by atoms with Gasteiger partial charge in [0.15, 0.2) is 5.78 Å². The van der Waals surface area contributed by atoms with Gasteiger partial charge in [-0.05, 0) is 47.7 Å². The van der Waals surface area contributed by atoms with E-state index >= 15 is 0 Å². The van der Waals surface area contributed by atoms with Crippen LogP contribution in [0.2, 0.25) is 0 Å². The summed E-state index contributed by atoms with van der Waals surface area (Å²) < 4.78 is 1.74. The van der Waals surface area contributed by atoms with E-state index in [-0.39, 0.29) is 11.7 Å². The lowest BCUT2D eigenvalue weighted by atomic mass is 9.92. The number of Topliss-reactive ketones (excluding diaryl/α,β-unsaturated/α-hetero) is 1. The number of nitrogens with zero attached hydrogens (tertiary/aromatic N) is 4. The SMILES string of the molecule is CC(=O)c1c(C)nn(CCC(=O)N2CCC[C@@](O)(CN(C)C)C2)c1C. The van der Waals surface area contributed by atoms with Gasteiger partial charge < -0.3 is 14.9 Å². The molecule has 7 heteroatoms. The van der Waals surface area contributed by atoms with E-state index in [1.807, 2.05) is 32.8 Å². The molecule has 1 N–H and O–H groups in total. The normalized spacial score (nSPS) is 21.0. The lowest BCUT2D eigenvalue weighted by molar-refractivity contribution is -0.139. The number of amides is 1. The van der Waals surface area contributed by atoms with Crippen molar-refractivity contribution in [1.29, 1.82) is 0 Å². The van der Waals surface area contributed by atoms with Crippen LogP contribution in [0.4, 0.5) is 0 Å². The Balaban J connectivity index is 1.99. The van der Waals surface area contributed by atoms with E-state index in [1.165, 1.54) is 6.92 Å². The van der Waals surface area contributed by atoms with Gasteiger partial charge >= 0.3 is 0 Å². The topological polar surface area (TPSA) is 78.7 Å². The lowest BCUT2D eigenvalue weighted by Crippen LogP contribution is -2.54. The van der Waals surface area contributed by atoms with Gasteiger partial charge in [-0.3, -0.25) is 14.3 Å². The third-order valence-corrected chi connectivity index (χ3v) is 4.79. The number of β-amino-alcohol motifs (C(OH)–C–C–N with tert-alkyl or cyclic N) is 1. The molecule has 7 nitrogen and oxygen atoms in total. The van der Waals surface area contributed by atoms with Gasteiger partial charge in [0.25, 0.3) is 0 Å². The summed E-state index contributed by atoms with van der Waals surface area (Å²) in [4.78, 5) is 28.0. The van der Waals surface area contributed by atoms with Crippen LogP contribution in [0.15, 0.2) is 0 Å². The Morgan fingerprint density at radius 1 is 1.32 bits per heavy atom. The van der Waals surface area contributed by atoms with E-state index in [1.54, 1.807) is 9.58 Å². The molecule has 0 aromatic carbocycles. The van der Waals surface area contributed by atoms with Crippen molar-refractivity contribution >= 4 is 11.7 Å². The number of hydrogen-bond acceptors (Lipinski definition) is 5. The van der Waals surface area contributed by atoms with Crippen LogP contribution in [0.5, 0.6) is 0 Å². The fourth-order valence-electron chi connectivity index (χ4n) is 3.83. The Hall–Kier alpha value is -1.73. The number of likely N-dealkylation sites (N-methyl/N-ethyl adjacent to an activating group) is 1. The zero-order chi connectivity index (χ0) is 18.8.